The molecule has 6 heteroatoms. The van der Waals surface area contributed by atoms with E-state index in [1.807, 2.05) is 6.07 Å². The molecule has 2 aromatic rings. The molecule has 0 atom stereocenters. The zero-order chi connectivity index (χ0) is 13.8. The number of carboxylic acid groups (broad SMARTS) is 1. The maximum Gasteiger partial charge on any atom is 0.338 e. The molecule has 1 aromatic heterocycles. The SMILES string of the molecule is N#Cc1ccncc1Nc1ccc(C(=O)O)c(F)c1. The third-order valence-electron chi connectivity index (χ3n) is 2.42. The zero-order valence-corrected chi connectivity index (χ0v) is 9.59. The summed E-state index contributed by atoms with van der Waals surface area (Å²) in [7, 11) is 0. The van der Waals surface area contributed by atoms with Gasteiger partial charge in [0.15, 0.2) is 0 Å². The fourth-order valence-electron chi connectivity index (χ4n) is 1.51. The van der Waals surface area contributed by atoms with Crippen LogP contribution in [0, 0.1) is 17.1 Å². The van der Waals surface area contributed by atoms with Gasteiger partial charge < -0.3 is 10.4 Å². The van der Waals surface area contributed by atoms with Gasteiger partial charge in [-0.25, -0.2) is 9.18 Å². The van der Waals surface area contributed by atoms with Gasteiger partial charge in [-0.05, 0) is 24.3 Å². The van der Waals surface area contributed by atoms with Crippen molar-refractivity contribution in [2.24, 2.45) is 0 Å². The Morgan fingerprint density at radius 3 is 2.84 bits per heavy atom. The largest absolute Gasteiger partial charge is 0.478 e. The van der Waals surface area contributed by atoms with E-state index in [1.54, 1.807) is 0 Å². The van der Waals surface area contributed by atoms with Gasteiger partial charge in [0.25, 0.3) is 0 Å². The van der Waals surface area contributed by atoms with Crippen molar-refractivity contribution in [1.29, 1.82) is 5.26 Å². The number of aromatic nitrogens is 1. The molecule has 19 heavy (non-hydrogen) atoms. The lowest BCUT2D eigenvalue weighted by Gasteiger charge is -2.08. The second-order valence-electron chi connectivity index (χ2n) is 3.66. The van der Waals surface area contributed by atoms with E-state index in [-0.39, 0.29) is 0 Å². The first-order valence-electron chi connectivity index (χ1n) is 5.26. The van der Waals surface area contributed by atoms with Crippen molar-refractivity contribution in [2.75, 3.05) is 5.32 Å². The van der Waals surface area contributed by atoms with Gasteiger partial charge in [-0.3, -0.25) is 4.98 Å². The van der Waals surface area contributed by atoms with Crippen molar-refractivity contribution >= 4 is 17.3 Å². The Hall–Kier alpha value is -2.94. The predicted molar refractivity (Wildman–Crippen MR) is 65.6 cm³/mol. The Labute approximate surface area is 108 Å². The molecule has 0 saturated carbocycles. The van der Waals surface area contributed by atoms with Gasteiger partial charge in [0, 0.05) is 11.9 Å². The van der Waals surface area contributed by atoms with E-state index in [0.29, 0.717) is 16.9 Å². The minimum Gasteiger partial charge on any atom is -0.478 e. The maximum atomic E-state index is 13.5. The summed E-state index contributed by atoms with van der Waals surface area (Å²) < 4.78 is 13.5. The highest BCUT2D eigenvalue weighted by atomic mass is 19.1. The van der Waals surface area contributed by atoms with E-state index >= 15 is 0 Å². The highest BCUT2D eigenvalue weighted by Crippen LogP contribution is 2.21. The number of rotatable bonds is 3. The summed E-state index contributed by atoms with van der Waals surface area (Å²) in [5.74, 6) is -2.18. The summed E-state index contributed by atoms with van der Waals surface area (Å²) in [5.41, 5.74) is 0.717. The van der Waals surface area contributed by atoms with E-state index in [9.17, 15) is 9.18 Å². The Morgan fingerprint density at radius 1 is 1.42 bits per heavy atom. The number of carboxylic acids is 1. The van der Waals surface area contributed by atoms with Crippen molar-refractivity contribution in [3.63, 3.8) is 0 Å². The number of benzene rings is 1. The maximum absolute atomic E-state index is 13.5. The van der Waals surface area contributed by atoms with E-state index < -0.39 is 17.3 Å². The van der Waals surface area contributed by atoms with Crippen molar-refractivity contribution in [1.82, 2.24) is 4.98 Å². The number of pyridine rings is 1. The van der Waals surface area contributed by atoms with Gasteiger partial charge in [0.1, 0.15) is 11.9 Å². The van der Waals surface area contributed by atoms with Crippen LogP contribution in [0.4, 0.5) is 15.8 Å². The third-order valence-corrected chi connectivity index (χ3v) is 2.42. The van der Waals surface area contributed by atoms with Gasteiger partial charge in [-0.2, -0.15) is 5.26 Å². The molecule has 0 fully saturated rings. The minimum atomic E-state index is -1.33. The molecule has 1 heterocycles. The summed E-state index contributed by atoms with van der Waals surface area (Å²) >= 11 is 0. The van der Waals surface area contributed by atoms with Crippen molar-refractivity contribution in [3.05, 3.63) is 53.6 Å². The van der Waals surface area contributed by atoms with Gasteiger partial charge in [0.05, 0.1) is 23.0 Å². The number of nitrogens with one attached hydrogen (secondary N) is 1. The van der Waals surface area contributed by atoms with E-state index in [1.165, 1.54) is 24.5 Å². The standard InChI is InChI=1S/C13H8FN3O2/c14-11-5-9(1-2-10(11)13(18)19)17-12-7-16-4-3-8(12)6-15/h1-5,7,17H,(H,18,19). The van der Waals surface area contributed by atoms with Crippen LogP contribution in [0.15, 0.2) is 36.7 Å². The summed E-state index contributed by atoms with van der Waals surface area (Å²) in [4.78, 5) is 14.5. The lowest BCUT2D eigenvalue weighted by atomic mass is 10.2. The van der Waals surface area contributed by atoms with E-state index in [2.05, 4.69) is 10.3 Å². The minimum absolute atomic E-state index is 0.340. The summed E-state index contributed by atoms with van der Waals surface area (Å²) in [6.45, 7) is 0. The predicted octanol–water partition coefficient (Wildman–Crippen LogP) is 2.53. The molecule has 2 N–H and O–H groups in total. The molecule has 94 valence electrons. The molecule has 1 aromatic carbocycles. The molecule has 0 saturated heterocycles. The molecule has 0 unspecified atom stereocenters. The van der Waals surface area contributed by atoms with Crippen LogP contribution < -0.4 is 5.32 Å². The van der Waals surface area contributed by atoms with Crippen LogP contribution in [0.25, 0.3) is 0 Å². The average molecular weight is 257 g/mol. The first-order chi connectivity index (χ1) is 9.11. The van der Waals surface area contributed by atoms with Crippen LogP contribution in [-0.2, 0) is 0 Å². The molecular formula is C13H8FN3O2. The molecular weight excluding hydrogens is 249 g/mol. The average Bonchev–Trinajstić information content (AvgIpc) is 2.39. The van der Waals surface area contributed by atoms with Gasteiger partial charge in [0.2, 0.25) is 0 Å². The highest BCUT2D eigenvalue weighted by molar-refractivity contribution is 5.88. The lowest BCUT2D eigenvalue weighted by molar-refractivity contribution is 0.0692. The molecule has 0 bridgehead atoms. The van der Waals surface area contributed by atoms with Crippen molar-refractivity contribution in [3.8, 4) is 6.07 Å². The van der Waals surface area contributed by atoms with Crippen LogP contribution in [-0.4, -0.2) is 16.1 Å². The van der Waals surface area contributed by atoms with E-state index in [4.69, 9.17) is 10.4 Å². The lowest BCUT2D eigenvalue weighted by Crippen LogP contribution is -2.02. The second-order valence-corrected chi connectivity index (χ2v) is 3.66. The number of hydrogen-bond acceptors (Lipinski definition) is 4. The number of anilines is 2. The Kier molecular flexibility index (Phi) is 3.39. The first kappa shape index (κ1) is 12.5. The molecule has 0 aliphatic carbocycles. The van der Waals surface area contributed by atoms with Crippen molar-refractivity contribution < 1.29 is 14.3 Å². The normalized spacial score (nSPS) is 9.68. The molecule has 0 spiro atoms. The number of nitrogens with zero attached hydrogens (tertiary/aromatic N) is 2. The molecule has 0 radical (unpaired) electrons. The third kappa shape index (κ3) is 2.66. The summed E-state index contributed by atoms with van der Waals surface area (Å²) in [6.07, 6.45) is 2.90. The van der Waals surface area contributed by atoms with Crippen LogP contribution >= 0.6 is 0 Å². The quantitative estimate of drug-likeness (QED) is 0.882. The number of carbonyl (C=O) groups is 1. The van der Waals surface area contributed by atoms with Crippen molar-refractivity contribution in [2.45, 2.75) is 0 Å². The molecule has 0 aliphatic heterocycles. The van der Waals surface area contributed by atoms with Gasteiger partial charge in [-0.15, -0.1) is 0 Å². The monoisotopic (exact) mass is 257 g/mol. The number of nitriles is 1. The van der Waals surface area contributed by atoms with Crippen LogP contribution in [0.3, 0.4) is 0 Å². The zero-order valence-electron chi connectivity index (χ0n) is 9.59. The first-order valence-corrected chi connectivity index (χ1v) is 5.26. The fraction of sp³-hybridized carbons (Fsp3) is 0. The smallest absolute Gasteiger partial charge is 0.338 e. The van der Waals surface area contributed by atoms with Crippen LogP contribution in [0.1, 0.15) is 15.9 Å². The van der Waals surface area contributed by atoms with Crippen LogP contribution in [0.5, 0.6) is 0 Å². The molecule has 2 rings (SSSR count). The van der Waals surface area contributed by atoms with Gasteiger partial charge >= 0.3 is 5.97 Å². The topological polar surface area (TPSA) is 86.0 Å². The van der Waals surface area contributed by atoms with Gasteiger partial charge in [-0.1, -0.05) is 0 Å². The Balaban J connectivity index is 2.32. The summed E-state index contributed by atoms with van der Waals surface area (Å²) in [6, 6.07) is 7.11. The summed E-state index contributed by atoms with van der Waals surface area (Å²) in [5, 5.41) is 20.4. The second kappa shape index (κ2) is 5.14. The molecule has 5 nitrogen and oxygen atoms in total. The number of halogens is 1. The Morgan fingerprint density at radius 2 is 2.21 bits per heavy atom. The number of hydrogen-bond donors (Lipinski definition) is 2. The van der Waals surface area contributed by atoms with Crippen LogP contribution in [0.2, 0.25) is 0 Å². The van der Waals surface area contributed by atoms with E-state index in [0.717, 1.165) is 12.1 Å². The fourth-order valence-corrected chi connectivity index (χ4v) is 1.51. The molecule has 0 amide bonds. The molecule has 0 aliphatic rings. The Bertz CT molecular complexity index is 680. The highest BCUT2D eigenvalue weighted by Gasteiger charge is 2.11. The number of aromatic carboxylic acids is 1.